The number of alkyl halides is 3. The molecule has 0 saturated carbocycles. The number of halogens is 4. The molecule has 0 aliphatic rings. The summed E-state index contributed by atoms with van der Waals surface area (Å²) in [7, 11) is 2.36. The highest BCUT2D eigenvalue weighted by Gasteiger charge is 2.33. The van der Waals surface area contributed by atoms with Crippen LogP contribution in [0, 0.1) is 6.92 Å². The first-order chi connectivity index (χ1) is 13.5. The van der Waals surface area contributed by atoms with E-state index in [1.807, 2.05) is 0 Å². The largest absolute Gasteiger partial charge is 0.465 e. The molecule has 0 bridgehead atoms. The van der Waals surface area contributed by atoms with Crippen LogP contribution in [0.4, 0.5) is 23.9 Å². The van der Waals surface area contributed by atoms with Crippen molar-refractivity contribution in [2.45, 2.75) is 13.1 Å². The van der Waals surface area contributed by atoms with E-state index in [4.69, 9.17) is 28.6 Å². The van der Waals surface area contributed by atoms with E-state index in [1.54, 1.807) is 0 Å². The zero-order valence-corrected chi connectivity index (χ0v) is 17.6. The van der Waals surface area contributed by atoms with Gasteiger partial charge < -0.3 is 20.1 Å². The van der Waals surface area contributed by atoms with Crippen LogP contribution in [0.2, 0.25) is 5.02 Å². The molecule has 156 valence electrons. The molecule has 0 spiro atoms. The Morgan fingerprint density at radius 2 is 1.76 bits per heavy atom. The molecule has 0 aliphatic carbocycles. The summed E-state index contributed by atoms with van der Waals surface area (Å²) in [5.74, 6) is -1.37. The maximum absolute atomic E-state index is 13.0. The predicted octanol–water partition coefficient (Wildman–Crippen LogP) is 5.11. The Bertz CT molecular complexity index is 976. The molecule has 1 heterocycles. The number of nitrogens with one attached hydrogen (secondary N) is 2. The molecule has 0 unspecified atom stereocenters. The van der Waals surface area contributed by atoms with Gasteiger partial charge in [0.1, 0.15) is 9.88 Å². The van der Waals surface area contributed by atoms with Gasteiger partial charge in [0.15, 0.2) is 5.11 Å². The molecule has 0 saturated heterocycles. The first kappa shape index (κ1) is 22.9. The Morgan fingerprint density at radius 3 is 2.31 bits per heavy atom. The van der Waals surface area contributed by atoms with Gasteiger partial charge in [-0.05, 0) is 42.9 Å². The first-order valence-corrected chi connectivity index (χ1v) is 9.34. The normalized spacial score (nSPS) is 11.0. The molecule has 1 aromatic heterocycles. The van der Waals surface area contributed by atoms with Gasteiger partial charge in [-0.1, -0.05) is 11.6 Å². The van der Waals surface area contributed by atoms with E-state index < -0.39 is 28.7 Å². The van der Waals surface area contributed by atoms with Crippen LogP contribution in [0.3, 0.4) is 0 Å². The number of anilines is 2. The number of thiophene rings is 1. The highest BCUT2D eigenvalue weighted by Crippen LogP contribution is 2.37. The number of rotatable bonds is 4. The minimum Gasteiger partial charge on any atom is -0.465 e. The van der Waals surface area contributed by atoms with E-state index in [-0.39, 0.29) is 26.2 Å². The number of benzene rings is 1. The third-order valence-electron chi connectivity index (χ3n) is 3.66. The van der Waals surface area contributed by atoms with Gasteiger partial charge in [-0.15, -0.1) is 11.3 Å². The monoisotopic (exact) mass is 466 g/mol. The molecule has 0 atom stereocenters. The van der Waals surface area contributed by atoms with Crippen LogP contribution in [0.1, 0.15) is 31.2 Å². The summed E-state index contributed by atoms with van der Waals surface area (Å²) in [6.07, 6.45) is -4.64. The Hall–Kier alpha value is -2.37. The van der Waals surface area contributed by atoms with Crippen molar-refractivity contribution < 1.29 is 32.2 Å². The summed E-state index contributed by atoms with van der Waals surface area (Å²) in [4.78, 5) is 24.1. The van der Waals surface area contributed by atoms with Gasteiger partial charge in [0, 0.05) is 5.69 Å². The van der Waals surface area contributed by atoms with Gasteiger partial charge in [-0.2, -0.15) is 13.2 Å². The van der Waals surface area contributed by atoms with Gasteiger partial charge in [0.05, 0.1) is 30.4 Å². The first-order valence-electron chi connectivity index (χ1n) is 7.74. The molecular formula is C17H14ClF3N2O4S2. The van der Waals surface area contributed by atoms with E-state index in [0.717, 1.165) is 23.5 Å². The van der Waals surface area contributed by atoms with E-state index in [9.17, 15) is 22.8 Å². The molecule has 2 N–H and O–H groups in total. The van der Waals surface area contributed by atoms with Gasteiger partial charge in [-0.3, -0.25) is 0 Å². The van der Waals surface area contributed by atoms with Crippen molar-refractivity contribution in [3.63, 3.8) is 0 Å². The van der Waals surface area contributed by atoms with E-state index in [2.05, 4.69) is 15.4 Å². The maximum Gasteiger partial charge on any atom is 0.417 e. The second-order valence-electron chi connectivity index (χ2n) is 5.51. The maximum atomic E-state index is 13.0. The SMILES string of the molecule is COC(=O)c1sc(NC(=S)Nc2ccc(Cl)c(C(F)(F)F)c2)c(C(=O)OC)c1C. The van der Waals surface area contributed by atoms with Crippen LogP contribution in [0.15, 0.2) is 18.2 Å². The Labute approximate surface area is 177 Å². The molecular weight excluding hydrogens is 453 g/mol. The van der Waals surface area contributed by atoms with Crippen molar-refractivity contribution in [1.82, 2.24) is 0 Å². The topological polar surface area (TPSA) is 76.7 Å². The second-order valence-corrected chi connectivity index (χ2v) is 7.35. The van der Waals surface area contributed by atoms with Crippen LogP contribution >= 0.6 is 35.2 Å². The Balaban J connectivity index is 2.32. The number of esters is 2. The number of thiocarbonyl (C=S) groups is 1. The number of ether oxygens (including phenoxy) is 2. The van der Waals surface area contributed by atoms with Crippen LogP contribution < -0.4 is 10.6 Å². The number of hydrogen-bond donors (Lipinski definition) is 2. The third kappa shape index (κ3) is 5.17. The third-order valence-corrected chi connectivity index (χ3v) is 5.38. The predicted molar refractivity (Wildman–Crippen MR) is 108 cm³/mol. The molecule has 2 rings (SSSR count). The summed E-state index contributed by atoms with van der Waals surface area (Å²) in [5.41, 5.74) is -0.610. The van der Waals surface area contributed by atoms with Crippen molar-refractivity contribution in [3.05, 3.63) is 44.8 Å². The molecule has 12 heteroatoms. The molecule has 0 radical (unpaired) electrons. The van der Waals surface area contributed by atoms with Crippen LogP contribution in [0.5, 0.6) is 0 Å². The Morgan fingerprint density at radius 1 is 1.14 bits per heavy atom. The zero-order valence-electron chi connectivity index (χ0n) is 15.2. The summed E-state index contributed by atoms with van der Waals surface area (Å²) >= 11 is 11.6. The molecule has 1 aromatic carbocycles. The minimum atomic E-state index is -4.64. The summed E-state index contributed by atoms with van der Waals surface area (Å²) < 4.78 is 48.4. The van der Waals surface area contributed by atoms with E-state index >= 15 is 0 Å². The molecule has 0 fully saturated rings. The lowest BCUT2D eigenvalue weighted by molar-refractivity contribution is -0.137. The van der Waals surface area contributed by atoms with Crippen LogP contribution in [-0.2, 0) is 15.7 Å². The summed E-state index contributed by atoms with van der Waals surface area (Å²) in [6, 6.07) is 3.20. The summed E-state index contributed by atoms with van der Waals surface area (Å²) in [5, 5.41) is 4.91. The lowest BCUT2D eigenvalue weighted by Gasteiger charge is -2.14. The molecule has 2 aromatic rings. The number of methoxy groups -OCH3 is 2. The quantitative estimate of drug-likeness (QED) is 0.479. The molecule has 6 nitrogen and oxygen atoms in total. The fourth-order valence-electron chi connectivity index (χ4n) is 2.32. The van der Waals surface area contributed by atoms with Crippen molar-refractivity contribution in [1.29, 1.82) is 0 Å². The highest BCUT2D eigenvalue weighted by molar-refractivity contribution is 7.80. The van der Waals surface area contributed by atoms with Crippen LogP contribution in [-0.4, -0.2) is 31.3 Å². The summed E-state index contributed by atoms with van der Waals surface area (Å²) in [6.45, 7) is 1.53. The lowest BCUT2D eigenvalue weighted by atomic mass is 10.1. The van der Waals surface area contributed by atoms with E-state index in [1.165, 1.54) is 27.2 Å². The number of hydrogen-bond acceptors (Lipinski definition) is 6. The molecule has 0 amide bonds. The van der Waals surface area contributed by atoms with Gasteiger partial charge in [-0.25, -0.2) is 9.59 Å². The second kappa shape index (κ2) is 8.97. The fraction of sp³-hybridized carbons (Fsp3) is 0.235. The van der Waals surface area contributed by atoms with E-state index in [0.29, 0.717) is 5.56 Å². The standard InChI is InChI=1S/C17H14ClF3N2O4S2/c1-7-11(14(24)26-2)13(29-12(7)15(25)27-3)23-16(28)22-8-4-5-10(18)9(6-8)17(19,20)21/h4-6H,1-3H3,(H2,22,23,28). The minimum absolute atomic E-state index is 0.0281. The van der Waals surface area contributed by atoms with Crippen LogP contribution in [0.25, 0.3) is 0 Å². The van der Waals surface area contributed by atoms with Crippen molar-refractivity contribution in [3.8, 4) is 0 Å². The Kier molecular flexibility index (Phi) is 7.09. The van der Waals surface area contributed by atoms with Gasteiger partial charge in [0.2, 0.25) is 0 Å². The van der Waals surface area contributed by atoms with Gasteiger partial charge >= 0.3 is 18.1 Å². The van der Waals surface area contributed by atoms with Crippen molar-refractivity contribution >= 4 is 62.9 Å². The zero-order chi connectivity index (χ0) is 21.9. The average molecular weight is 467 g/mol. The van der Waals surface area contributed by atoms with Crippen molar-refractivity contribution in [2.75, 3.05) is 24.9 Å². The van der Waals surface area contributed by atoms with Gasteiger partial charge in [0.25, 0.3) is 0 Å². The van der Waals surface area contributed by atoms with Crippen molar-refractivity contribution in [2.24, 2.45) is 0 Å². The smallest absolute Gasteiger partial charge is 0.417 e. The molecule has 0 aliphatic heterocycles. The molecule has 29 heavy (non-hydrogen) atoms. The fourth-order valence-corrected chi connectivity index (χ4v) is 3.95. The number of carbonyl (C=O) groups excluding carboxylic acids is 2. The number of carbonyl (C=O) groups is 2. The lowest BCUT2D eigenvalue weighted by Crippen LogP contribution is -2.20. The highest BCUT2D eigenvalue weighted by atomic mass is 35.5. The average Bonchev–Trinajstić information content (AvgIpc) is 2.96.